The van der Waals surface area contributed by atoms with Gasteiger partial charge in [0.2, 0.25) is 0 Å². The molecule has 1 aromatic carbocycles. The summed E-state index contributed by atoms with van der Waals surface area (Å²) >= 11 is 0. The number of aromatic nitrogens is 1. The van der Waals surface area contributed by atoms with Gasteiger partial charge in [-0.1, -0.05) is 18.2 Å². The molecular formula is C16H17N3O2. The molecule has 0 saturated heterocycles. The first kappa shape index (κ1) is 13.6. The van der Waals surface area contributed by atoms with Crippen molar-refractivity contribution in [3.63, 3.8) is 0 Å². The number of nitrogens with two attached hydrogens (primary N) is 1. The Hall–Kier alpha value is -2.40. The molecule has 108 valence electrons. The lowest BCUT2D eigenvalue weighted by molar-refractivity contribution is 0.0983. The standard InChI is InChI=1S/C16H17N3O2/c1-18-7-6-12(9-15(18)20)16(21)19-10-13(17)8-11-4-2-3-5-14(11)19/h2-7,9,13H,8,10,17H2,1H3. The van der Waals surface area contributed by atoms with Gasteiger partial charge < -0.3 is 15.2 Å². The number of fused-ring (bicyclic) bond motifs is 1. The van der Waals surface area contributed by atoms with Gasteiger partial charge >= 0.3 is 0 Å². The predicted octanol–water partition coefficient (Wildman–Crippen LogP) is 0.915. The van der Waals surface area contributed by atoms with Crippen molar-refractivity contribution in [1.82, 2.24) is 4.57 Å². The van der Waals surface area contributed by atoms with Crippen molar-refractivity contribution >= 4 is 11.6 Å². The van der Waals surface area contributed by atoms with E-state index in [-0.39, 0.29) is 17.5 Å². The Labute approximate surface area is 122 Å². The zero-order valence-electron chi connectivity index (χ0n) is 11.8. The molecule has 2 aromatic rings. The Morgan fingerprint density at radius 1 is 1.29 bits per heavy atom. The Morgan fingerprint density at radius 3 is 2.81 bits per heavy atom. The topological polar surface area (TPSA) is 68.3 Å². The van der Waals surface area contributed by atoms with Crippen LogP contribution in [0.1, 0.15) is 15.9 Å². The van der Waals surface area contributed by atoms with Crippen LogP contribution in [0, 0.1) is 0 Å². The van der Waals surface area contributed by atoms with Crippen LogP contribution < -0.4 is 16.2 Å². The number of amides is 1. The summed E-state index contributed by atoms with van der Waals surface area (Å²) in [4.78, 5) is 26.1. The summed E-state index contributed by atoms with van der Waals surface area (Å²) in [5, 5.41) is 0. The van der Waals surface area contributed by atoms with E-state index < -0.39 is 0 Å². The Bertz CT molecular complexity index is 751. The minimum atomic E-state index is -0.199. The molecule has 1 aromatic heterocycles. The van der Waals surface area contributed by atoms with Crippen LogP contribution in [0.2, 0.25) is 0 Å². The van der Waals surface area contributed by atoms with Gasteiger partial charge in [-0.15, -0.1) is 0 Å². The average Bonchev–Trinajstić information content (AvgIpc) is 2.48. The highest BCUT2D eigenvalue weighted by Crippen LogP contribution is 2.27. The van der Waals surface area contributed by atoms with E-state index >= 15 is 0 Å². The maximum absolute atomic E-state index is 12.7. The Kier molecular flexibility index (Phi) is 3.35. The number of hydrogen-bond acceptors (Lipinski definition) is 3. The van der Waals surface area contributed by atoms with E-state index in [1.54, 1.807) is 24.2 Å². The zero-order chi connectivity index (χ0) is 15.0. The number of hydrogen-bond donors (Lipinski definition) is 1. The van der Waals surface area contributed by atoms with Gasteiger partial charge in [-0.25, -0.2) is 0 Å². The molecule has 0 aliphatic carbocycles. The molecule has 1 unspecified atom stereocenters. The average molecular weight is 283 g/mol. The lowest BCUT2D eigenvalue weighted by Crippen LogP contribution is -2.46. The molecule has 0 saturated carbocycles. The van der Waals surface area contributed by atoms with Gasteiger partial charge in [0.15, 0.2) is 0 Å². The molecule has 5 heteroatoms. The molecule has 0 spiro atoms. The predicted molar refractivity (Wildman–Crippen MR) is 81.5 cm³/mol. The second-order valence-corrected chi connectivity index (χ2v) is 5.37. The van der Waals surface area contributed by atoms with E-state index in [0.717, 1.165) is 17.7 Å². The van der Waals surface area contributed by atoms with E-state index in [9.17, 15) is 9.59 Å². The van der Waals surface area contributed by atoms with Gasteiger partial charge in [0.25, 0.3) is 11.5 Å². The molecular weight excluding hydrogens is 266 g/mol. The van der Waals surface area contributed by atoms with Crippen molar-refractivity contribution in [2.75, 3.05) is 11.4 Å². The molecule has 3 rings (SSSR count). The van der Waals surface area contributed by atoms with Gasteiger partial charge in [0, 0.05) is 43.1 Å². The fourth-order valence-corrected chi connectivity index (χ4v) is 2.66. The Morgan fingerprint density at radius 2 is 2.05 bits per heavy atom. The van der Waals surface area contributed by atoms with Gasteiger partial charge in [-0.05, 0) is 24.1 Å². The van der Waals surface area contributed by atoms with Crippen LogP contribution in [0.3, 0.4) is 0 Å². The summed E-state index contributed by atoms with van der Waals surface area (Å²) in [7, 11) is 1.66. The van der Waals surface area contributed by atoms with Crippen molar-refractivity contribution in [2.45, 2.75) is 12.5 Å². The first-order chi connectivity index (χ1) is 10.1. The van der Waals surface area contributed by atoms with Crippen LogP contribution in [0.4, 0.5) is 5.69 Å². The molecule has 0 radical (unpaired) electrons. The monoisotopic (exact) mass is 283 g/mol. The van der Waals surface area contributed by atoms with Gasteiger partial charge in [0.05, 0.1) is 0 Å². The largest absolute Gasteiger partial charge is 0.326 e. The SMILES string of the molecule is Cn1ccc(C(=O)N2CC(N)Cc3ccccc32)cc1=O. The fraction of sp³-hybridized carbons (Fsp3) is 0.250. The smallest absolute Gasteiger partial charge is 0.258 e. The summed E-state index contributed by atoms with van der Waals surface area (Å²) in [6.45, 7) is 0.463. The van der Waals surface area contributed by atoms with Gasteiger partial charge in [-0.3, -0.25) is 9.59 Å². The summed E-state index contributed by atoms with van der Waals surface area (Å²) in [5.41, 5.74) is 8.19. The third kappa shape index (κ3) is 2.48. The van der Waals surface area contributed by atoms with E-state index in [1.165, 1.54) is 10.6 Å². The van der Waals surface area contributed by atoms with Crippen molar-refractivity contribution in [3.05, 3.63) is 64.1 Å². The second-order valence-electron chi connectivity index (χ2n) is 5.37. The molecule has 21 heavy (non-hydrogen) atoms. The van der Waals surface area contributed by atoms with Crippen LogP contribution in [-0.4, -0.2) is 23.1 Å². The molecule has 1 aliphatic rings. The van der Waals surface area contributed by atoms with E-state index in [1.807, 2.05) is 24.3 Å². The lowest BCUT2D eigenvalue weighted by atomic mass is 9.98. The van der Waals surface area contributed by atoms with E-state index in [2.05, 4.69) is 0 Å². The molecule has 0 bridgehead atoms. The third-order valence-corrected chi connectivity index (χ3v) is 3.78. The highest BCUT2D eigenvalue weighted by Gasteiger charge is 2.27. The lowest BCUT2D eigenvalue weighted by Gasteiger charge is -2.33. The quantitative estimate of drug-likeness (QED) is 0.846. The molecule has 5 nitrogen and oxygen atoms in total. The van der Waals surface area contributed by atoms with Crippen LogP contribution in [0.25, 0.3) is 0 Å². The van der Waals surface area contributed by atoms with E-state index in [0.29, 0.717) is 12.1 Å². The van der Waals surface area contributed by atoms with Crippen molar-refractivity contribution in [3.8, 4) is 0 Å². The molecule has 1 atom stereocenters. The summed E-state index contributed by atoms with van der Waals surface area (Å²) < 4.78 is 1.44. The maximum Gasteiger partial charge on any atom is 0.258 e. The van der Waals surface area contributed by atoms with Gasteiger partial charge in [0.1, 0.15) is 0 Å². The second kappa shape index (κ2) is 5.18. The number of anilines is 1. The molecule has 2 heterocycles. The van der Waals surface area contributed by atoms with Crippen molar-refractivity contribution in [2.24, 2.45) is 12.8 Å². The first-order valence-electron chi connectivity index (χ1n) is 6.88. The third-order valence-electron chi connectivity index (χ3n) is 3.78. The first-order valence-corrected chi connectivity index (χ1v) is 6.88. The zero-order valence-corrected chi connectivity index (χ0v) is 11.8. The molecule has 1 amide bonds. The molecule has 2 N–H and O–H groups in total. The number of para-hydroxylation sites is 1. The van der Waals surface area contributed by atoms with Gasteiger partial charge in [-0.2, -0.15) is 0 Å². The van der Waals surface area contributed by atoms with E-state index in [4.69, 9.17) is 5.73 Å². The molecule has 0 fully saturated rings. The maximum atomic E-state index is 12.7. The molecule has 1 aliphatic heterocycles. The minimum absolute atomic E-state index is 0.0876. The highest BCUT2D eigenvalue weighted by molar-refractivity contribution is 6.06. The number of carbonyl (C=O) groups excluding carboxylic acids is 1. The Balaban J connectivity index is 2.01. The highest BCUT2D eigenvalue weighted by atomic mass is 16.2. The number of aryl methyl sites for hydroxylation is 1. The van der Waals surface area contributed by atoms with Crippen LogP contribution >= 0.6 is 0 Å². The normalized spacial score (nSPS) is 17.4. The minimum Gasteiger partial charge on any atom is -0.326 e. The summed E-state index contributed by atoms with van der Waals surface area (Å²) in [6, 6.07) is 10.7. The van der Waals surface area contributed by atoms with Crippen LogP contribution in [-0.2, 0) is 13.5 Å². The fourth-order valence-electron chi connectivity index (χ4n) is 2.66. The van der Waals surface area contributed by atoms with Crippen LogP contribution in [0.15, 0.2) is 47.4 Å². The summed E-state index contributed by atoms with van der Waals surface area (Å²) in [5.74, 6) is -0.185. The number of benzene rings is 1. The number of rotatable bonds is 1. The number of carbonyl (C=O) groups is 1. The number of pyridine rings is 1. The number of nitrogens with zero attached hydrogens (tertiary/aromatic N) is 2. The summed E-state index contributed by atoms with van der Waals surface area (Å²) in [6.07, 6.45) is 2.36. The van der Waals surface area contributed by atoms with Crippen molar-refractivity contribution in [1.29, 1.82) is 0 Å². The van der Waals surface area contributed by atoms with Crippen molar-refractivity contribution < 1.29 is 4.79 Å². The van der Waals surface area contributed by atoms with Crippen LogP contribution in [0.5, 0.6) is 0 Å².